The standard InChI is InChI=1S/C11H20N2O/c1-7(2)11(14)12-10-8-4-9(10)6-13(3)5-8/h7-10H,4-6H2,1-3H3,(H,12,14)/t8-,9+,10+. The molecule has 0 spiro atoms. The monoisotopic (exact) mass is 196 g/mol. The van der Waals surface area contributed by atoms with Crippen LogP contribution in [0.5, 0.6) is 0 Å². The van der Waals surface area contributed by atoms with Crippen LogP contribution in [0, 0.1) is 17.8 Å². The van der Waals surface area contributed by atoms with E-state index >= 15 is 0 Å². The molecule has 3 rings (SSSR count). The van der Waals surface area contributed by atoms with Crippen LogP contribution in [0.2, 0.25) is 0 Å². The average molecular weight is 196 g/mol. The molecular formula is C11H20N2O. The van der Waals surface area contributed by atoms with Crippen LogP contribution >= 0.6 is 0 Å². The molecule has 0 unspecified atom stereocenters. The Kier molecular flexibility index (Phi) is 2.52. The minimum atomic E-state index is 0.119. The summed E-state index contributed by atoms with van der Waals surface area (Å²) < 4.78 is 0. The van der Waals surface area contributed by atoms with Gasteiger partial charge in [-0.1, -0.05) is 13.8 Å². The van der Waals surface area contributed by atoms with Crippen molar-refractivity contribution in [2.45, 2.75) is 26.3 Å². The van der Waals surface area contributed by atoms with Crippen LogP contribution in [0.15, 0.2) is 0 Å². The molecule has 2 bridgehead atoms. The first-order valence-electron chi connectivity index (χ1n) is 5.57. The minimum Gasteiger partial charge on any atom is -0.352 e. The first-order chi connectivity index (χ1) is 6.58. The van der Waals surface area contributed by atoms with Crippen molar-refractivity contribution in [2.75, 3.05) is 20.1 Å². The molecule has 3 nitrogen and oxygen atoms in total. The van der Waals surface area contributed by atoms with Crippen LogP contribution in [-0.2, 0) is 4.79 Å². The molecule has 2 aliphatic heterocycles. The summed E-state index contributed by atoms with van der Waals surface area (Å²) in [6.07, 6.45) is 1.31. The number of fused-ring (bicyclic) bond motifs is 2. The molecule has 1 saturated carbocycles. The maximum atomic E-state index is 11.5. The van der Waals surface area contributed by atoms with Crippen molar-refractivity contribution in [3.05, 3.63) is 0 Å². The number of carbonyl (C=O) groups excluding carboxylic acids is 1. The molecule has 3 fully saturated rings. The normalized spacial score (nSPS) is 36.7. The van der Waals surface area contributed by atoms with Crippen LogP contribution in [0.1, 0.15) is 20.3 Å². The van der Waals surface area contributed by atoms with E-state index in [4.69, 9.17) is 0 Å². The number of hydrogen-bond acceptors (Lipinski definition) is 2. The number of amides is 1. The first kappa shape index (κ1) is 9.97. The zero-order chi connectivity index (χ0) is 10.3. The topological polar surface area (TPSA) is 32.3 Å². The quantitative estimate of drug-likeness (QED) is 0.705. The lowest BCUT2D eigenvalue weighted by atomic mass is 9.66. The summed E-state index contributed by atoms with van der Waals surface area (Å²) in [6.45, 7) is 6.21. The van der Waals surface area contributed by atoms with Gasteiger partial charge in [0.1, 0.15) is 0 Å². The smallest absolute Gasteiger partial charge is 0.222 e. The molecule has 3 aliphatic rings. The van der Waals surface area contributed by atoms with E-state index in [1.165, 1.54) is 6.42 Å². The Morgan fingerprint density at radius 2 is 1.93 bits per heavy atom. The Morgan fingerprint density at radius 1 is 1.36 bits per heavy atom. The van der Waals surface area contributed by atoms with Gasteiger partial charge >= 0.3 is 0 Å². The van der Waals surface area contributed by atoms with Gasteiger partial charge in [0.25, 0.3) is 0 Å². The highest BCUT2D eigenvalue weighted by Crippen LogP contribution is 2.39. The van der Waals surface area contributed by atoms with Crippen LogP contribution in [0.25, 0.3) is 0 Å². The van der Waals surface area contributed by atoms with Crippen LogP contribution < -0.4 is 5.32 Å². The van der Waals surface area contributed by atoms with Crippen molar-refractivity contribution in [3.63, 3.8) is 0 Å². The second kappa shape index (κ2) is 3.54. The van der Waals surface area contributed by atoms with Gasteiger partial charge in [0, 0.05) is 25.0 Å². The lowest BCUT2D eigenvalue weighted by molar-refractivity contribution is -0.128. The summed E-state index contributed by atoms with van der Waals surface area (Å²) in [5.41, 5.74) is 0. The van der Waals surface area contributed by atoms with Crippen molar-refractivity contribution in [1.82, 2.24) is 10.2 Å². The molecule has 1 aliphatic carbocycles. The summed E-state index contributed by atoms with van der Waals surface area (Å²) in [4.78, 5) is 13.9. The van der Waals surface area contributed by atoms with E-state index in [1.54, 1.807) is 0 Å². The fourth-order valence-electron chi connectivity index (χ4n) is 2.69. The van der Waals surface area contributed by atoms with Gasteiger partial charge in [-0.05, 0) is 25.3 Å². The number of hydrogen-bond donors (Lipinski definition) is 1. The third kappa shape index (κ3) is 1.65. The van der Waals surface area contributed by atoms with Gasteiger partial charge in [-0.15, -0.1) is 0 Å². The highest BCUT2D eigenvalue weighted by Gasteiger charge is 2.46. The molecule has 1 amide bonds. The zero-order valence-electron chi connectivity index (χ0n) is 9.29. The molecule has 0 aromatic heterocycles. The highest BCUT2D eigenvalue weighted by molar-refractivity contribution is 5.78. The molecule has 2 heterocycles. The molecule has 1 N–H and O–H groups in total. The third-order valence-electron chi connectivity index (χ3n) is 3.55. The fraction of sp³-hybridized carbons (Fsp3) is 0.909. The second-order valence-electron chi connectivity index (χ2n) is 5.17. The first-order valence-corrected chi connectivity index (χ1v) is 5.57. The molecule has 3 heteroatoms. The molecule has 80 valence electrons. The fourth-order valence-corrected chi connectivity index (χ4v) is 2.69. The van der Waals surface area contributed by atoms with Gasteiger partial charge in [0.05, 0.1) is 0 Å². The molecule has 0 radical (unpaired) electrons. The number of nitrogens with one attached hydrogen (secondary N) is 1. The number of nitrogens with zero attached hydrogens (tertiary/aromatic N) is 1. The maximum Gasteiger partial charge on any atom is 0.222 e. The second-order valence-corrected chi connectivity index (χ2v) is 5.17. The third-order valence-corrected chi connectivity index (χ3v) is 3.55. The van der Waals surface area contributed by atoms with E-state index in [9.17, 15) is 4.79 Å². The van der Waals surface area contributed by atoms with Crippen molar-refractivity contribution < 1.29 is 4.79 Å². The minimum absolute atomic E-state index is 0.119. The highest BCUT2D eigenvalue weighted by atomic mass is 16.1. The Hall–Kier alpha value is -0.570. The van der Waals surface area contributed by atoms with E-state index in [2.05, 4.69) is 17.3 Å². The predicted molar refractivity (Wildman–Crippen MR) is 55.9 cm³/mol. The van der Waals surface area contributed by atoms with Crippen LogP contribution in [-0.4, -0.2) is 37.0 Å². The van der Waals surface area contributed by atoms with Gasteiger partial charge in [0.2, 0.25) is 5.91 Å². The molecular weight excluding hydrogens is 176 g/mol. The number of piperidine rings is 2. The van der Waals surface area contributed by atoms with Crippen LogP contribution in [0.3, 0.4) is 0 Å². The largest absolute Gasteiger partial charge is 0.352 e. The van der Waals surface area contributed by atoms with Crippen molar-refractivity contribution in [1.29, 1.82) is 0 Å². The van der Waals surface area contributed by atoms with Crippen molar-refractivity contribution >= 4 is 5.91 Å². The molecule has 3 atom stereocenters. The zero-order valence-corrected chi connectivity index (χ0v) is 9.29. The lowest BCUT2D eigenvalue weighted by Crippen LogP contribution is -2.64. The van der Waals surface area contributed by atoms with Gasteiger partial charge < -0.3 is 10.2 Å². The van der Waals surface area contributed by atoms with Gasteiger partial charge in [-0.3, -0.25) is 4.79 Å². The molecule has 0 aromatic carbocycles. The maximum absolute atomic E-state index is 11.5. The molecule has 14 heavy (non-hydrogen) atoms. The molecule has 2 saturated heterocycles. The SMILES string of the molecule is CC(C)C(=O)N[C@H]1[C@@H]2C[C@H]1CN(C)C2. The van der Waals surface area contributed by atoms with Gasteiger partial charge in [-0.25, -0.2) is 0 Å². The summed E-state index contributed by atoms with van der Waals surface area (Å²) in [5, 5.41) is 3.17. The van der Waals surface area contributed by atoms with Gasteiger partial charge in [0.15, 0.2) is 0 Å². The van der Waals surface area contributed by atoms with E-state index in [1.807, 2.05) is 13.8 Å². The van der Waals surface area contributed by atoms with Crippen LogP contribution in [0.4, 0.5) is 0 Å². The van der Waals surface area contributed by atoms with Crippen molar-refractivity contribution in [2.24, 2.45) is 17.8 Å². The Balaban J connectivity index is 1.87. The van der Waals surface area contributed by atoms with E-state index < -0.39 is 0 Å². The molecule has 0 aromatic rings. The Morgan fingerprint density at radius 3 is 2.43 bits per heavy atom. The average Bonchev–Trinajstić information content (AvgIpc) is 2.13. The Bertz CT molecular complexity index is 227. The van der Waals surface area contributed by atoms with E-state index in [0.717, 1.165) is 13.1 Å². The summed E-state index contributed by atoms with van der Waals surface area (Å²) in [6, 6.07) is 0.473. The van der Waals surface area contributed by atoms with Crippen molar-refractivity contribution in [3.8, 4) is 0 Å². The summed E-state index contributed by atoms with van der Waals surface area (Å²) >= 11 is 0. The summed E-state index contributed by atoms with van der Waals surface area (Å²) in [5.74, 6) is 1.76. The van der Waals surface area contributed by atoms with E-state index in [0.29, 0.717) is 17.9 Å². The van der Waals surface area contributed by atoms with Gasteiger partial charge in [-0.2, -0.15) is 0 Å². The lowest BCUT2D eigenvalue weighted by Gasteiger charge is -2.53. The van der Waals surface area contributed by atoms with E-state index in [-0.39, 0.29) is 11.8 Å². The number of rotatable bonds is 2. The predicted octanol–water partition coefficient (Wildman–Crippen LogP) is 0.709. The summed E-state index contributed by atoms with van der Waals surface area (Å²) in [7, 11) is 2.17. The number of carbonyl (C=O) groups is 1. The Labute approximate surface area is 85.8 Å².